The Bertz CT molecular complexity index is 585. The van der Waals surface area contributed by atoms with E-state index in [0.29, 0.717) is 32.7 Å². The van der Waals surface area contributed by atoms with Crippen LogP contribution in [0.5, 0.6) is 0 Å². The molecule has 140 valence electrons. The molecule has 2 rings (SSSR count). The maximum Gasteiger partial charge on any atom is 0.407 e. The minimum absolute atomic E-state index is 0.146. The Balaban J connectivity index is 2.18. The average Bonchev–Trinajstić information content (AvgIpc) is 2.54. The molecule has 0 radical (unpaired) electrons. The topological polar surface area (TPSA) is 59.0 Å². The highest BCUT2D eigenvalue weighted by molar-refractivity contribution is 6.74. The van der Waals surface area contributed by atoms with Crippen LogP contribution in [0.1, 0.15) is 32.8 Å². The molecular formula is C19H31NO4Si. The van der Waals surface area contributed by atoms with Crippen LogP contribution in [0.25, 0.3) is 0 Å². The summed E-state index contributed by atoms with van der Waals surface area (Å²) in [6, 6.07) is 9.92. The molecule has 25 heavy (non-hydrogen) atoms. The standard InChI is InChI=1S/C19H31NO4Si/c1-18(2,3)25(4,5)24-13-11-19(16-9-7-6-8-10-16)15-20(17(21)22)12-14-23-19/h6-10H,11-15H2,1-5H3,(H,21,22). The number of benzene rings is 1. The second-order valence-corrected chi connectivity index (χ2v) is 13.1. The molecule has 0 aromatic heterocycles. The highest BCUT2D eigenvalue weighted by Crippen LogP contribution is 2.38. The van der Waals surface area contributed by atoms with Crippen molar-refractivity contribution in [1.29, 1.82) is 0 Å². The summed E-state index contributed by atoms with van der Waals surface area (Å²) in [5.74, 6) is 0. The summed E-state index contributed by atoms with van der Waals surface area (Å²) in [6.45, 7) is 12.8. The van der Waals surface area contributed by atoms with Gasteiger partial charge in [-0.15, -0.1) is 0 Å². The summed E-state index contributed by atoms with van der Waals surface area (Å²) in [5.41, 5.74) is 0.375. The monoisotopic (exact) mass is 365 g/mol. The molecular weight excluding hydrogens is 334 g/mol. The third kappa shape index (κ3) is 4.62. The maximum absolute atomic E-state index is 11.5. The lowest BCUT2D eigenvalue weighted by atomic mass is 9.89. The number of hydrogen-bond donors (Lipinski definition) is 1. The molecule has 1 aliphatic heterocycles. The quantitative estimate of drug-likeness (QED) is 0.790. The lowest BCUT2D eigenvalue weighted by Crippen LogP contribution is -2.52. The Hall–Kier alpha value is -1.37. The normalized spacial score (nSPS) is 22.0. The maximum atomic E-state index is 11.5. The zero-order valence-electron chi connectivity index (χ0n) is 16.0. The molecule has 0 bridgehead atoms. The second kappa shape index (κ2) is 7.48. The number of rotatable bonds is 5. The number of amides is 1. The second-order valence-electron chi connectivity index (χ2n) is 8.27. The van der Waals surface area contributed by atoms with Gasteiger partial charge in [-0.25, -0.2) is 4.79 Å². The molecule has 1 amide bonds. The van der Waals surface area contributed by atoms with Gasteiger partial charge in [-0.2, -0.15) is 0 Å². The van der Waals surface area contributed by atoms with E-state index in [1.165, 1.54) is 4.90 Å². The predicted molar refractivity (Wildman–Crippen MR) is 101 cm³/mol. The zero-order valence-corrected chi connectivity index (χ0v) is 17.0. The fraction of sp³-hybridized carbons (Fsp3) is 0.632. The molecule has 1 aromatic rings. The molecule has 0 aliphatic carbocycles. The van der Waals surface area contributed by atoms with Gasteiger partial charge in [0.2, 0.25) is 0 Å². The van der Waals surface area contributed by atoms with Crippen LogP contribution < -0.4 is 0 Å². The molecule has 1 N–H and O–H groups in total. The molecule has 5 nitrogen and oxygen atoms in total. The zero-order chi connectivity index (χ0) is 18.7. The van der Waals surface area contributed by atoms with Gasteiger partial charge in [0.05, 0.1) is 13.2 Å². The highest BCUT2D eigenvalue weighted by atomic mass is 28.4. The fourth-order valence-electron chi connectivity index (χ4n) is 2.85. The van der Waals surface area contributed by atoms with E-state index in [4.69, 9.17) is 9.16 Å². The molecule has 1 aliphatic rings. The van der Waals surface area contributed by atoms with Gasteiger partial charge < -0.3 is 19.2 Å². The Morgan fingerprint density at radius 3 is 2.52 bits per heavy atom. The van der Waals surface area contributed by atoms with Crippen molar-refractivity contribution in [2.45, 2.75) is 50.9 Å². The van der Waals surface area contributed by atoms with Crippen molar-refractivity contribution in [2.75, 3.05) is 26.3 Å². The third-order valence-corrected chi connectivity index (χ3v) is 10.1. The van der Waals surface area contributed by atoms with E-state index in [-0.39, 0.29) is 5.04 Å². The fourth-order valence-corrected chi connectivity index (χ4v) is 3.89. The Labute approximate surface area is 152 Å². The SMILES string of the molecule is CC(C)(C)[Si](C)(C)OCCC1(c2ccccc2)CN(C(=O)O)CCO1. The highest BCUT2D eigenvalue weighted by Gasteiger charge is 2.42. The van der Waals surface area contributed by atoms with Gasteiger partial charge in [-0.05, 0) is 23.7 Å². The molecule has 1 unspecified atom stereocenters. The van der Waals surface area contributed by atoms with Gasteiger partial charge in [0.15, 0.2) is 8.32 Å². The molecule has 1 saturated heterocycles. The minimum atomic E-state index is -1.85. The summed E-state index contributed by atoms with van der Waals surface area (Å²) in [4.78, 5) is 12.9. The Morgan fingerprint density at radius 1 is 1.32 bits per heavy atom. The number of carbonyl (C=O) groups is 1. The first-order valence-electron chi connectivity index (χ1n) is 8.89. The Morgan fingerprint density at radius 2 is 1.96 bits per heavy atom. The van der Waals surface area contributed by atoms with Crippen molar-refractivity contribution in [3.05, 3.63) is 35.9 Å². The van der Waals surface area contributed by atoms with E-state index in [0.717, 1.165) is 5.56 Å². The number of carboxylic acid groups (broad SMARTS) is 1. The van der Waals surface area contributed by atoms with Crippen molar-refractivity contribution < 1.29 is 19.1 Å². The molecule has 6 heteroatoms. The van der Waals surface area contributed by atoms with Gasteiger partial charge in [-0.3, -0.25) is 0 Å². The number of nitrogens with zero attached hydrogens (tertiary/aromatic N) is 1. The summed E-state index contributed by atoms with van der Waals surface area (Å²) in [5, 5.41) is 9.57. The summed E-state index contributed by atoms with van der Waals surface area (Å²) in [6.07, 6.45) is -0.248. The summed E-state index contributed by atoms with van der Waals surface area (Å²) < 4.78 is 12.5. The molecule has 1 heterocycles. The van der Waals surface area contributed by atoms with Crippen LogP contribution in [0.2, 0.25) is 18.1 Å². The van der Waals surface area contributed by atoms with Crippen molar-refractivity contribution >= 4 is 14.4 Å². The first-order chi connectivity index (χ1) is 11.6. The Kier molecular flexibility index (Phi) is 5.96. The number of hydrogen-bond acceptors (Lipinski definition) is 3. The van der Waals surface area contributed by atoms with Crippen LogP contribution in [-0.4, -0.2) is 50.7 Å². The van der Waals surface area contributed by atoms with Gasteiger partial charge in [0.25, 0.3) is 0 Å². The smallest absolute Gasteiger partial charge is 0.407 e. The summed E-state index contributed by atoms with van der Waals surface area (Å²) in [7, 11) is -1.85. The van der Waals surface area contributed by atoms with Crippen molar-refractivity contribution in [2.24, 2.45) is 0 Å². The first kappa shape index (κ1) is 19.9. The van der Waals surface area contributed by atoms with E-state index >= 15 is 0 Å². The van der Waals surface area contributed by atoms with Crippen LogP contribution in [0.15, 0.2) is 30.3 Å². The summed E-state index contributed by atoms with van der Waals surface area (Å²) >= 11 is 0. The van der Waals surface area contributed by atoms with Crippen LogP contribution in [0.3, 0.4) is 0 Å². The van der Waals surface area contributed by atoms with Gasteiger partial charge >= 0.3 is 6.09 Å². The molecule has 1 fully saturated rings. The largest absolute Gasteiger partial charge is 0.465 e. The lowest BCUT2D eigenvalue weighted by molar-refractivity contribution is -0.116. The van der Waals surface area contributed by atoms with Gasteiger partial charge in [0.1, 0.15) is 5.60 Å². The van der Waals surface area contributed by atoms with E-state index in [1.807, 2.05) is 30.3 Å². The predicted octanol–water partition coefficient (Wildman–Crippen LogP) is 4.30. The molecule has 1 aromatic carbocycles. The van der Waals surface area contributed by atoms with Crippen LogP contribution in [0.4, 0.5) is 4.79 Å². The van der Waals surface area contributed by atoms with E-state index in [1.54, 1.807) is 0 Å². The van der Waals surface area contributed by atoms with Crippen molar-refractivity contribution in [3.8, 4) is 0 Å². The molecule has 0 saturated carbocycles. The van der Waals surface area contributed by atoms with Crippen molar-refractivity contribution in [1.82, 2.24) is 4.90 Å². The lowest BCUT2D eigenvalue weighted by Gasteiger charge is -2.43. The van der Waals surface area contributed by atoms with Gasteiger partial charge in [0, 0.05) is 19.6 Å². The van der Waals surface area contributed by atoms with Crippen LogP contribution in [0, 0.1) is 0 Å². The van der Waals surface area contributed by atoms with Crippen molar-refractivity contribution in [3.63, 3.8) is 0 Å². The first-order valence-corrected chi connectivity index (χ1v) is 11.8. The number of morpholine rings is 1. The average molecular weight is 366 g/mol. The molecule has 1 atom stereocenters. The van der Waals surface area contributed by atoms with Crippen LogP contribution in [-0.2, 0) is 14.8 Å². The van der Waals surface area contributed by atoms with E-state index in [2.05, 4.69) is 33.9 Å². The van der Waals surface area contributed by atoms with Crippen LogP contribution >= 0.6 is 0 Å². The number of ether oxygens (including phenoxy) is 1. The third-order valence-electron chi connectivity index (χ3n) is 5.53. The van der Waals surface area contributed by atoms with Gasteiger partial charge in [-0.1, -0.05) is 51.1 Å². The van der Waals surface area contributed by atoms with E-state index in [9.17, 15) is 9.90 Å². The minimum Gasteiger partial charge on any atom is -0.465 e. The molecule has 0 spiro atoms. The van der Waals surface area contributed by atoms with E-state index < -0.39 is 20.0 Å².